The van der Waals surface area contributed by atoms with Crippen molar-refractivity contribution in [2.24, 2.45) is 5.41 Å². The summed E-state index contributed by atoms with van der Waals surface area (Å²) in [6.45, 7) is 8.54. The Morgan fingerprint density at radius 2 is 1.61 bits per heavy atom. The lowest BCUT2D eigenvalue weighted by Crippen LogP contribution is -2.35. The summed E-state index contributed by atoms with van der Waals surface area (Å²) in [6, 6.07) is 8.80. The Balaban J connectivity index is 0. The second kappa shape index (κ2) is 16.6. The number of aliphatic hydroxyl groups excluding tert-OH is 2. The van der Waals surface area contributed by atoms with Crippen LogP contribution in [0.5, 0.6) is 0 Å². The topological polar surface area (TPSA) is 117 Å². The third-order valence-electron chi connectivity index (χ3n) is 3.56. The van der Waals surface area contributed by atoms with Crippen LogP contribution in [-0.4, -0.2) is 42.3 Å². The third kappa shape index (κ3) is 11.5. The summed E-state index contributed by atoms with van der Waals surface area (Å²) >= 11 is 0. The van der Waals surface area contributed by atoms with Gasteiger partial charge in [0, 0.05) is 25.3 Å². The Morgan fingerprint density at radius 3 is 1.97 bits per heavy atom. The minimum Gasteiger partial charge on any atom is -0.466 e. The summed E-state index contributed by atoms with van der Waals surface area (Å²) in [5, 5.41) is 18.2. The largest absolute Gasteiger partial charge is 0.466 e. The van der Waals surface area contributed by atoms with Crippen LogP contribution in [0.15, 0.2) is 41.0 Å². The molecule has 7 heteroatoms. The predicted molar refractivity (Wildman–Crippen MR) is 120 cm³/mol. The molecule has 0 radical (unpaired) electrons. The molecule has 2 rings (SSSR count). The number of rotatable bonds is 4. The zero-order chi connectivity index (χ0) is 24.4. The second-order valence-corrected chi connectivity index (χ2v) is 6.26. The van der Waals surface area contributed by atoms with Crippen LogP contribution in [0.4, 0.5) is 0 Å². The van der Waals surface area contributed by atoms with Crippen LogP contribution in [0.25, 0.3) is 0 Å². The zero-order valence-electron chi connectivity index (χ0n) is 19.3. The Hall–Kier alpha value is -3.21. The molecule has 0 bridgehead atoms. The summed E-state index contributed by atoms with van der Waals surface area (Å²) in [4.78, 5) is 32.0. The van der Waals surface area contributed by atoms with Crippen LogP contribution in [-0.2, 0) is 16.2 Å². The maximum atomic E-state index is 11.1. The SMILES string of the molecule is CC.CC(=O)c1ccc(C#Cc2coc(CO)c2)cc1.CNC(=O)C(C)(C)C=O.CO. The van der Waals surface area contributed by atoms with Crippen LogP contribution in [0.3, 0.4) is 0 Å². The molecule has 1 aromatic carbocycles. The highest BCUT2D eigenvalue weighted by atomic mass is 16.4. The highest BCUT2D eigenvalue weighted by Gasteiger charge is 2.24. The van der Waals surface area contributed by atoms with Crippen LogP contribution in [0.1, 0.15) is 61.9 Å². The van der Waals surface area contributed by atoms with Crippen molar-refractivity contribution in [2.45, 2.75) is 41.2 Å². The van der Waals surface area contributed by atoms with Crippen LogP contribution in [0, 0.1) is 17.3 Å². The molecule has 7 nitrogen and oxygen atoms in total. The second-order valence-electron chi connectivity index (χ2n) is 6.26. The molecule has 0 aliphatic rings. The number of hydrogen-bond donors (Lipinski definition) is 3. The lowest BCUT2D eigenvalue weighted by atomic mass is 9.95. The molecule has 2 aromatic rings. The first-order valence-electron chi connectivity index (χ1n) is 9.68. The molecule has 1 aromatic heterocycles. The van der Waals surface area contributed by atoms with Gasteiger partial charge in [-0.3, -0.25) is 9.59 Å². The van der Waals surface area contributed by atoms with Crippen molar-refractivity contribution in [3.63, 3.8) is 0 Å². The van der Waals surface area contributed by atoms with Crippen LogP contribution >= 0.6 is 0 Å². The molecule has 0 saturated heterocycles. The quantitative estimate of drug-likeness (QED) is 0.297. The standard InChI is InChI=1S/C15H12O3.C6H11NO2.C2H6.CH4O/c1-11(17)14-6-4-12(5-7-14)2-3-13-8-15(9-16)18-10-13;1-6(2,4-8)5(9)7-3;2*1-2/h4-8,10,16H,9H2,1H3;4H,1-3H3,(H,7,9);1-2H3;2H,1H3. The monoisotopic (exact) mass is 431 g/mol. The smallest absolute Gasteiger partial charge is 0.232 e. The van der Waals surface area contributed by atoms with Crippen LogP contribution < -0.4 is 5.32 Å². The number of Topliss-reactive ketones (excluding diaryl/α,β-unsaturated/α-hetero) is 1. The number of carbonyl (C=O) groups is 3. The van der Waals surface area contributed by atoms with Gasteiger partial charge in [-0.05, 0) is 39.0 Å². The lowest BCUT2D eigenvalue weighted by molar-refractivity contribution is -0.133. The van der Waals surface area contributed by atoms with Gasteiger partial charge in [0.25, 0.3) is 0 Å². The fraction of sp³-hybridized carbons (Fsp3) is 0.375. The van der Waals surface area contributed by atoms with Crippen molar-refractivity contribution in [2.75, 3.05) is 14.2 Å². The lowest BCUT2D eigenvalue weighted by Gasteiger charge is -2.12. The summed E-state index contributed by atoms with van der Waals surface area (Å²) in [5.41, 5.74) is 1.34. The van der Waals surface area contributed by atoms with Gasteiger partial charge in [-0.15, -0.1) is 0 Å². The highest BCUT2D eigenvalue weighted by Crippen LogP contribution is 2.09. The van der Waals surface area contributed by atoms with E-state index >= 15 is 0 Å². The number of amides is 1. The van der Waals surface area contributed by atoms with Gasteiger partial charge < -0.3 is 24.7 Å². The molecule has 0 saturated carbocycles. The van der Waals surface area contributed by atoms with Crippen molar-refractivity contribution in [3.8, 4) is 11.8 Å². The molecule has 0 spiro atoms. The summed E-state index contributed by atoms with van der Waals surface area (Å²) in [6.07, 6.45) is 2.13. The van der Waals surface area contributed by atoms with Crippen LogP contribution in [0.2, 0.25) is 0 Å². The van der Waals surface area contributed by atoms with E-state index in [1.54, 1.807) is 44.2 Å². The van der Waals surface area contributed by atoms with Crippen molar-refractivity contribution < 1.29 is 29.0 Å². The van der Waals surface area contributed by atoms with Gasteiger partial charge in [0.15, 0.2) is 5.78 Å². The number of benzene rings is 1. The molecule has 1 heterocycles. The number of carbonyl (C=O) groups excluding carboxylic acids is 3. The van der Waals surface area contributed by atoms with E-state index in [-0.39, 0.29) is 18.3 Å². The van der Waals surface area contributed by atoms with Crippen molar-refractivity contribution >= 4 is 18.0 Å². The highest BCUT2D eigenvalue weighted by molar-refractivity contribution is 5.95. The van der Waals surface area contributed by atoms with E-state index in [9.17, 15) is 14.4 Å². The maximum Gasteiger partial charge on any atom is 0.232 e. The van der Waals surface area contributed by atoms with Gasteiger partial charge in [0.05, 0.1) is 11.0 Å². The zero-order valence-corrected chi connectivity index (χ0v) is 19.3. The minimum absolute atomic E-state index is 0.0388. The first-order chi connectivity index (χ1) is 14.7. The van der Waals surface area contributed by atoms with Crippen molar-refractivity contribution in [3.05, 3.63) is 59.0 Å². The van der Waals surface area contributed by atoms with E-state index in [1.807, 2.05) is 13.8 Å². The van der Waals surface area contributed by atoms with E-state index in [2.05, 4.69) is 17.2 Å². The number of aldehydes is 1. The average Bonchev–Trinajstić information content (AvgIpc) is 3.28. The van der Waals surface area contributed by atoms with Crippen molar-refractivity contribution in [1.29, 1.82) is 0 Å². The van der Waals surface area contributed by atoms with Gasteiger partial charge in [0.1, 0.15) is 24.9 Å². The molecule has 3 N–H and O–H groups in total. The summed E-state index contributed by atoms with van der Waals surface area (Å²) < 4.78 is 5.06. The Labute approximate surface area is 184 Å². The molecule has 0 aliphatic carbocycles. The predicted octanol–water partition coefficient (Wildman–Crippen LogP) is 2.97. The number of ketones is 1. The Bertz CT molecular complexity index is 854. The van der Waals surface area contributed by atoms with Gasteiger partial charge in [-0.25, -0.2) is 0 Å². The molecule has 1 amide bonds. The first kappa shape index (κ1) is 30.0. The molecule has 0 fully saturated rings. The molecular weight excluding hydrogens is 398 g/mol. The van der Waals surface area contributed by atoms with Gasteiger partial charge >= 0.3 is 0 Å². The minimum atomic E-state index is -0.880. The van der Waals surface area contributed by atoms with E-state index < -0.39 is 5.41 Å². The average molecular weight is 432 g/mol. The van der Waals surface area contributed by atoms with Gasteiger partial charge in [-0.2, -0.15) is 0 Å². The Kier molecular flexibility index (Phi) is 16.0. The normalized spacial score (nSPS) is 9.06. The molecule has 0 unspecified atom stereocenters. The maximum absolute atomic E-state index is 11.1. The number of hydrogen-bond acceptors (Lipinski definition) is 6. The van der Waals surface area contributed by atoms with Gasteiger partial charge in [0.2, 0.25) is 5.91 Å². The fourth-order valence-electron chi connectivity index (χ4n) is 1.84. The summed E-state index contributed by atoms with van der Waals surface area (Å²) in [7, 11) is 2.51. The number of aliphatic hydroxyl groups is 2. The number of furan rings is 1. The third-order valence-corrected chi connectivity index (χ3v) is 3.56. The van der Waals surface area contributed by atoms with E-state index in [1.165, 1.54) is 20.2 Å². The van der Waals surface area contributed by atoms with E-state index in [4.69, 9.17) is 14.6 Å². The van der Waals surface area contributed by atoms with E-state index in [0.717, 1.165) is 18.2 Å². The van der Waals surface area contributed by atoms with E-state index in [0.29, 0.717) is 17.6 Å². The molecule has 0 aliphatic heterocycles. The fourth-order valence-corrected chi connectivity index (χ4v) is 1.84. The van der Waals surface area contributed by atoms with Gasteiger partial charge in [-0.1, -0.05) is 37.8 Å². The first-order valence-corrected chi connectivity index (χ1v) is 9.68. The van der Waals surface area contributed by atoms with Crippen molar-refractivity contribution in [1.82, 2.24) is 5.32 Å². The number of nitrogens with one attached hydrogen (secondary N) is 1. The molecule has 170 valence electrons. The molecule has 0 atom stereocenters. The Morgan fingerprint density at radius 1 is 1.10 bits per heavy atom. The summed E-state index contributed by atoms with van der Waals surface area (Å²) in [5.74, 6) is 6.16. The molecule has 31 heavy (non-hydrogen) atoms. The molecular formula is C24H33NO6.